The molecule has 1 unspecified atom stereocenters. The van der Waals surface area contributed by atoms with Gasteiger partial charge in [0.05, 0.1) is 0 Å². The lowest BCUT2D eigenvalue weighted by Gasteiger charge is -2.09. The molecule has 1 saturated heterocycles. The van der Waals surface area contributed by atoms with Gasteiger partial charge in [0.1, 0.15) is 0 Å². The van der Waals surface area contributed by atoms with E-state index in [2.05, 4.69) is 29.3 Å². The van der Waals surface area contributed by atoms with E-state index < -0.39 is 0 Å². The third kappa shape index (κ3) is 2.19. The van der Waals surface area contributed by atoms with Crippen LogP contribution in [0.15, 0.2) is 24.3 Å². The van der Waals surface area contributed by atoms with Crippen molar-refractivity contribution in [3.05, 3.63) is 34.9 Å². The van der Waals surface area contributed by atoms with Crippen molar-refractivity contribution in [2.45, 2.75) is 12.3 Å². The summed E-state index contributed by atoms with van der Waals surface area (Å²) in [6, 6.07) is 8.13. The van der Waals surface area contributed by atoms with Gasteiger partial charge in [-0.15, -0.1) is 0 Å². The van der Waals surface area contributed by atoms with Gasteiger partial charge in [-0.2, -0.15) is 0 Å². The van der Waals surface area contributed by atoms with E-state index in [1.54, 1.807) is 0 Å². The second kappa shape index (κ2) is 3.91. The average molecular weight is 214 g/mol. The van der Waals surface area contributed by atoms with Crippen molar-refractivity contribution in [3.63, 3.8) is 0 Å². The van der Waals surface area contributed by atoms with E-state index in [4.69, 9.17) is 11.6 Å². The third-order valence-electron chi connectivity index (χ3n) is 2.51. The molecule has 1 aliphatic heterocycles. The Morgan fingerprint density at radius 1 is 1.31 bits per heavy atom. The second-order valence-electron chi connectivity index (χ2n) is 3.45. The molecule has 0 saturated carbocycles. The van der Waals surface area contributed by atoms with Crippen LogP contribution < -0.4 is 0 Å². The smallest absolute Gasteiger partial charge is 0.0406 e. The Hall–Kier alpha value is -0.180. The van der Waals surface area contributed by atoms with Crippen LogP contribution in [0.5, 0.6) is 0 Å². The first-order valence-electron chi connectivity index (χ1n) is 4.45. The van der Waals surface area contributed by atoms with Crippen molar-refractivity contribution in [1.29, 1.82) is 0 Å². The first-order chi connectivity index (χ1) is 6.25. The molecule has 1 atom stereocenters. The molecule has 1 fully saturated rings. The first kappa shape index (κ1) is 9.38. The Morgan fingerprint density at radius 2 is 2.00 bits per heavy atom. The van der Waals surface area contributed by atoms with E-state index >= 15 is 0 Å². The maximum absolute atomic E-state index is 5.82. The van der Waals surface area contributed by atoms with Gasteiger partial charge in [0.15, 0.2) is 0 Å². The summed E-state index contributed by atoms with van der Waals surface area (Å²) in [5.74, 6) is 0.634. The molecule has 1 aromatic rings. The van der Waals surface area contributed by atoms with Crippen LogP contribution in [-0.2, 0) is 0 Å². The van der Waals surface area contributed by atoms with Gasteiger partial charge in [0.25, 0.3) is 0 Å². The van der Waals surface area contributed by atoms with Crippen LogP contribution in [0, 0.1) is 0 Å². The van der Waals surface area contributed by atoms with E-state index in [1.807, 2.05) is 12.1 Å². The summed E-state index contributed by atoms with van der Waals surface area (Å²) in [5.41, 5.74) is 1.38. The molecule has 1 nitrogen and oxygen atoms in total. The van der Waals surface area contributed by atoms with Gasteiger partial charge >= 0.3 is 0 Å². The highest BCUT2D eigenvalue weighted by Gasteiger charge is 2.21. The summed E-state index contributed by atoms with van der Waals surface area (Å²) in [4.78, 5) is 0. The molecule has 0 bridgehead atoms. The topological polar surface area (TPSA) is 3.24 Å². The minimum atomic E-state index is 0.634. The van der Waals surface area contributed by atoms with Gasteiger partial charge in [-0.1, -0.05) is 36.5 Å². The lowest BCUT2D eigenvalue weighted by atomic mass is 9.99. The van der Waals surface area contributed by atoms with Gasteiger partial charge in [0, 0.05) is 18.1 Å². The van der Waals surface area contributed by atoms with E-state index in [0.717, 1.165) is 18.1 Å². The number of hydrogen-bond donors (Lipinski definition) is 1. The van der Waals surface area contributed by atoms with E-state index in [0.29, 0.717) is 5.92 Å². The Balaban J connectivity index is 2.13. The molecule has 1 aromatic carbocycles. The van der Waals surface area contributed by atoms with Gasteiger partial charge < -0.3 is 0 Å². The summed E-state index contributed by atoms with van der Waals surface area (Å²) < 4.78 is 2.07. The molecule has 3 heteroatoms. The summed E-state index contributed by atoms with van der Waals surface area (Å²) in [6.07, 6.45) is 1.20. The number of halogens is 1. The molecule has 0 aromatic heterocycles. The number of rotatable bonds is 1. The monoisotopic (exact) mass is 213 g/mol. The maximum atomic E-state index is 5.82. The minimum Gasteiger partial charge on any atom is -0.253 e. The molecule has 13 heavy (non-hydrogen) atoms. The van der Waals surface area contributed by atoms with Crippen molar-refractivity contribution >= 4 is 24.4 Å². The zero-order chi connectivity index (χ0) is 9.26. The van der Waals surface area contributed by atoms with Gasteiger partial charge in [-0.3, -0.25) is 4.31 Å². The highest BCUT2D eigenvalue weighted by Crippen LogP contribution is 2.28. The normalized spacial score (nSPS) is 23.7. The van der Waals surface area contributed by atoms with Gasteiger partial charge in [0.2, 0.25) is 0 Å². The highest BCUT2D eigenvalue weighted by atomic mass is 35.5. The van der Waals surface area contributed by atoms with E-state index in [9.17, 15) is 0 Å². The van der Waals surface area contributed by atoms with Crippen molar-refractivity contribution in [3.8, 4) is 0 Å². The fourth-order valence-electron chi connectivity index (χ4n) is 1.75. The maximum Gasteiger partial charge on any atom is 0.0406 e. The predicted molar refractivity (Wildman–Crippen MR) is 59.4 cm³/mol. The van der Waals surface area contributed by atoms with Gasteiger partial charge in [-0.05, 0) is 30.0 Å². The van der Waals surface area contributed by atoms with Crippen molar-refractivity contribution in [2.24, 2.45) is 0 Å². The Kier molecular flexibility index (Phi) is 2.82. The molecule has 2 rings (SSSR count). The van der Waals surface area contributed by atoms with Crippen LogP contribution in [0.4, 0.5) is 0 Å². The number of hydrogen-bond acceptors (Lipinski definition) is 2. The van der Waals surface area contributed by atoms with Crippen LogP contribution >= 0.6 is 24.4 Å². The van der Waals surface area contributed by atoms with Crippen molar-refractivity contribution in [2.75, 3.05) is 13.1 Å². The van der Waals surface area contributed by atoms with Crippen LogP contribution in [-0.4, -0.2) is 17.4 Å². The molecule has 0 amide bonds. The molecule has 70 valence electrons. The fraction of sp³-hybridized carbons (Fsp3) is 0.400. The Labute approximate surface area is 89.2 Å². The summed E-state index contributed by atoms with van der Waals surface area (Å²) >= 11 is 10.2. The van der Waals surface area contributed by atoms with Crippen molar-refractivity contribution < 1.29 is 0 Å². The lowest BCUT2D eigenvalue weighted by molar-refractivity contribution is 0.582. The first-order valence-corrected chi connectivity index (χ1v) is 5.23. The molecule has 1 heterocycles. The largest absolute Gasteiger partial charge is 0.253 e. The zero-order valence-corrected chi connectivity index (χ0v) is 8.93. The quantitative estimate of drug-likeness (QED) is 0.703. The second-order valence-corrected chi connectivity index (χ2v) is 4.45. The molecule has 0 aliphatic carbocycles. The molecule has 1 aliphatic rings. The SMILES string of the molecule is SN1CCC(c2ccc(Cl)cc2)C1. The number of benzene rings is 1. The number of thiol groups is 1. The zero-order valence-electron chi connectivity index (χ0n) is 7.28. The molecule has 0 radical (unpaired) electrons. The summed E-state index contributed by atoms with van der Waals surface area (Å²) in [6.45, 7) is 2.13. The average Bonchev–Trinajstić information content (AvgIpc) is 2.53. The predicted octanol–water partition coefficient (Wildman–Crippen LogP) is 2.97. The highest BCUT2D eigenvalue weighted by molar-refractivity contribution is 7.77. The van der Waals surface area contributed by atoms with E-state index in [-0.39, 0.29) is 0 Å². The van der Waals surface area contributed by atoms with Crippen LogP contribution in [0.25, 0.3) is 0 Å². The van der Waals surface area contributed by atoms with E-state index in [1.165, 1.54) is 12.0 Å². The number of nitrogens with zero attached hydrogens (tertiary/aromatic N) is 1. The molecular weight excluding hydrogens is 202 g/mol. The summed E-state index contributed by atoms with van der Waals surface area (Å²) in [5, 5.41) is 0.810. The standard InChI is InChI=1S/C10H12ClNS/c11-10-3-1-8(2-4-10)9-5-6-12(13)7-9/h1-4,9,13H,5-7H2. The van der Waals surface area contributed by atoms with Crippen molar-refractivity contribution in [1.82, 2.24) is 4.31 Å². The van der Waals surface area contributed by atoms with Crippen LogP contribution in [0.3, 0.4) is 0 Å². The minimum absolute atomic E-state index is 0.634. The Morgan fingerprint density at radius 3 is 2.54 bits per heavy atom. The van der Waals surface area contributed by atoms with Crippen LogP contribution in [0.2, 0.25) is 5.02 Å². The molecule has 0 N–H and O–H groups in total. The van der Waals surface area contributed by atoms with Gasteiger partial charge in [-0.25, -0.2) is 0 Å². The summed E-state index contributed by atoms with van der Waals surface area (Å²) in [7, 11) is 0. The van der Waals surface area contributed by atoms with Crippen LogP contribution in [0.1, 0.15) is 17.9 Å². The lowest BCUT2D eigenvalue weighted by Crippen LogP contribution is -2.06. The third-order valence-corrected chi connectivity index (χ3v) is 3.12. The Bertz CT molecular complexity index is 285. The molecule has 0 spiro atoms. The molecular formula is C10H12ClNS. The fourth-order valence-corrected chi connectivity index (χ4v) is 2.19.